The summed E-state index contributed by atoms with van der Waals surface area (Å²) in [5, 5.41) is 9.81. The van der Waals surface area contributed by atoms with Gasteiger partial charge in [-0.2, -0.15) is 4.98 Å². The van der Waals surface area contributed by atoms with Crippen molar-refractivity contribution in [3.63, 3.8) is 0 Å². The molecule has 1 fully saturated rings. The van der Waals surface area contributed by atoms with Crippen molar-refractivity contribution in [2.45, 2.75) is 32.7 Å². The molecule has 6 nitrogen and oxygen atoms in total. The van der Waals surface area contributed by atoms with E-state index in [1.54, 1.807) is 0 Å². The molecule has 0 aliphatic carbocycles. The quantitative estimate of drug-likeness (QED) is 0.905. The van der Waals surface area contributed by atoms with Crippen LogP contribution in [0, 0.1) is 13.8 Å². The number of carbonyl (C=O) groups excluding carboxylic acids is 1. The van der Waals surface area contributed by atoms with E-state index in [0.29, 0.717) is 5.89 Å². The van der Waals surface area contributed by atoms with Crippen molar-refractivity contribution in [2.24, 2.45) is 0 Å². The molecule has 1 amide bonds. The molecule has 1 aromatic heterocycles. The van der Waals surface area contributed by atoms with Gasteiger partial charge in [0.2, 0.25) is 5.89 Å². The van der Waals surface area contributed by atoms with Crippen LogP contribution < -0.4 is 10.6 Å². The molecule has 3 rings (SSSR count). The first-order chi connectivity index (χ1) is 10.1. The van der Waals surface area contributed by atoms with Crippen LogP contribution in [0.2, 0.25) is 0 Å². The van der Waals surface area contributed by atoms with Gasteiger partial charge in [0.15, 0.2) is 0 Å². The highest BCUT2D eigenvalue weighted by molar-refractivity contribution is 6.01. The van der Waals surface area contributed by atoms with Gasteiger partial charge in [0, 0.05) is 5.69 Å². The summed E-state index contributed by atoms with van der Waals surface area (Å²) in [6, 6.07) is 5.82. The Morgan fingerprint density at radius 3 is 2.95 bits per heavy atom. The van der Waals surface area contributed by atoms with Gasteiger partial charge in [-0.05, 0) is 56.5 Å². The highest BCUT2D eigenvalue weighted by Crippen LogP contribution is 2.21. The standard InChI is InChI=1S/C15H18N4O2/c1-9-5-6-11(8-10(9)2)17-14(20)13-18-15(21-19-13)12-4-3-7-16-12/h5-6,8,12,16H,3-4,7H2,1-2H3,(H,17,20). The average Bonchev–Trinajstić information content (AvgIpc) is 3.12. The van der Waals surface area contributed by atoms with Crippen molar-refractivity contribution < 1.29 is 9.32 Å². The molecule has 6 heteroatoms. The van der Waals surface area contributed by atoms with E-state index >= 15 is 0 Å². The molecule has 1 aromatic carbocycles. The van der Waals surface area contributed by atoms with Gasteiger partial charge in [-0.1, -0.05) is 11.2 Å². The Bertz CT molecular complexity index is 659. The molecule has 0 radical (unpaired) electrons. The average molecular weight is 286 g/mol. The normalized spacial score (nSPS) is 17.9. The maximum atomic E-state index is 12.1. The smallest absolute Gasteiger partial charge is 0.297 e. The van der Waals surface area contributed by atoms with Gasteiger partial charge in [-0.3, -0.25) is 4.79 Å². The topological polar surface area (TPSA) is 80.0 Å². The molecule has 2 aromatic rings. The second-order valence-corrected chi connectivity index (χ2v) is 5.36. The third-order valence-electron chi connectivity index (χ3n) is 3.77. The van der Waals surface area contributed by atoms with Gasteiger partial charge < -0.3 is 15.2 Å². The van der Waals surface area contributed by atoms with E-state index < -0.39 is 0 Å². The number of hydrogen-bond acceptors (Lipinski definition) is 5. The Morgan fingerprint density at radius 2 is 2.24 bits per heavy atom. The van der Waals surface area contributed by atoms with Crippen LogP contribution in [0.5, 0.6) is 0 Å². The molecule has 0 bridgehead atoms. The lowest BCUT2D eigenvalue weighted by atomic mass is 10.1. The van der Waals surface area contributed by atoms with Crippen LogP contribution in [0.4, 0.5) is 5.69 Å². The van der Waals surface area contributed by atoms with Crippen LogP contribution in [0.15, 0.2) is 22.7 Å². The third-order valence-corrected chi connectivity index (χ3v) is 3.77. The molecule has 1 aliphatic heterocycles. The Hall–Kier alpha value is -2.21. The maximum absolute atomic E-state index is 12.1. The second kappa shape index (κ2) is 5.65. The fraction of sp³-hybridized carbons (Fsp3) is 0.400. The third kappa shape index (κ3) is 2.95. The number of nitrogens with one attached hydrogen (secondary N) is 2. The van der Waals surface area contributed by atoms with Crippen molar-refractivity contribution in [3.05, 3.63) is 41.0 Å². The molecular weight excluding hydrogens is 268 g/mol. The summed E-state index contributed by atoms with van der Waals surface area (Å²) in [4.78, 5) is 16.3. The minimum atomic E-state index is -0.355. The summed E-state index contributed by atoms with van der Waals surface area (Å²) < 4.78 is 5.17. The van der Waals surface area contributed by atoms with Crippen molar-refractivity contribution in [1.82, 2.24) is 15.5 Å². The number of amides is 1. The lowest BCUT2D eigenvalue weighted by molar-refractivity contribution is 0.101. The van der Waals surface area contributed by atoms with E-state index in [9.17, 15) is 4.79 Å². The molecule has 21 heavy (non-hydrogen) atoms. The minimum absolute atomic E-state index is 0.0666. The van der Waals surface area contributed by atoms with Crippen LogP contribution >= 0.6 is 0 Å². The molecule has 1 aliphatic rings. The number of carbonyl (C=O) groups is 1. The van der Waals surface area contributed by atoms with Gasteiger partial charge in [0.1, 0.15) is 0 Å². The van der Waals surface area contributed by atoms with Crippen LogP contribution in [-0.4, -0.2) is 22.6 Å². The number of anilines is 1. The summed E-state index contributed by atoms with van der Waals surface area (Å²) in [6.07, 6.45) is 2.04. The van der Waals surface area contributed by atoms with Crippen molar-refractivity contribution in [3.8, 4) is 0 Å². The molecule has 110 valence electrons. The van der Waals surface area contributed by atoms with Crippen molar-refractivity contribution in [2.75, 3.05) is 11.9 Å². The lowest BCUT2D eigenvalue weighted by Gasteiger charge is -2.05. The first-order valence-corrected chi connectivity index (χ1v) is 7.09. The van der Waals surface area contributed by atoms with Crippen molar-refractivity contribution >= 4 is 11.6 Å². The molecule has 1 atom stereocenters. The summed E-state index contributed by atoms with van der Waals surface area (Å²) in [5.74, 6) is 0.195. The highest BCUT2D eigenvalue weighted by Gasteiger charge is 2.24. The highest BCUT2D eigenvalue weighted by atomic mass is 16.5. The summed E-state index contributed by atoms with van der Waals surface area (Å²) in [7, 11) is 0. The molecule has 0 saturated carbocycles. The number of hydrogen-bond donors (Lipinski definition) is 2. The number of nitrogens with zero attached hydrogens (tertiary/aromatic N) is 2. The summed E-state index contributed by atoms with van der Waals surface area (Å²) in [6.45, 7) is 4.97. The van der Waals surface area contributed by atoms with E-state index in [0.717, 1.165) is 30.6 Å². The Labute approximate surface area is 122 Å². The first-order valence-electron chi connectivity index (χ1n) is 7.09. The molecule has 2 N–H and O–H groups in total. The van der Waals surface area contributed by atoms with Gasteiger partial charge >= 0.3 is 0 Å². The van der Waals surface area contributed by atoms with Gasteiger partial charge in [-0.25, -0.2) is 0 Å². The Morgan fingerprint density at radius 1 is 1.38 bits per heavy atom. The number of aryl methyl sites for hydroxylation is 2. The zero-order valence-electron chi connectivity index (χ0n) is 12.1. The Balaban J connectivity index is 1.71. The molecular formula is C15H18N4O2. The van der Waals surface area contributed by atoms with Crippen LogP contribution in [0.25, 0.3) is 0 Å². The van der Waals surface area contributed by atoms with E-state index in [-0.39, 0.29) is 17.8 Å². The number of benzene rings is 1. The van der Waals surface area contributed by atoms with E-state index in [1.807, 2.05) is 32.0 Å². The molecule has 2 heterocycles. The van der Waals surface area contributed by atoms with Crippen molar-refractivity contribution in [1.29, 1.82) is 0 Å². The molecule has 1 unspecified atom stereocenters. The van der Waals surface area contributed by atoms with Gasteiger partial charge in [0.25, 0.3) is 11.7 Å². The van der Waals surface area contributed by atoms with Gasteiger partial charge in [0.05, 0.1) is 6.04 Å². The monoisotopic (exact) mass is 286 g/mol. The lowest BCUT2D eigenvalue weighted by Crippen LogP contribution is -2.15. The largest absolute Gasteiger partial charge is 0.337 e. The summed E-state index contributed by atoms with van der Waals surface area (Å²) in [5.41, 5.74) is 3.03. The number of aromatic nitrogens is 2. The predicted molar refractivity (Wildman–Crippen MR) is 78.1 cm³/mol. The van der Waals surface area contributed by atoms with Crippen LogP contribution in [-0.2, 0) is 0 Å². The number of rotatable bonds is 3. The predicted octanol–water partition coefficient (Wildman–Crippen LogP) is 2.36. The molecule has 0 spiro atoms. The van der Waals surface area contributed by atoms with E-state index in [4.69, 9.17) is 4.52 Å². The first kappa shape index (κ1) is 13.8. The minimum Gasteiger partial charge on any atom is -0.337 e. The van der Waals surface area contributed by atoms with E-state index in [2.05, 4.69) is 20.8 Å². The fourth-order valence-electron chi connectivity index (χ4n) is 2.37. The van der Waals surface area contributed by atoms with Gasteiger partial charge in [-0.15, -0.1) is 0 Å². The summed E-state index contributed by atoms with van der Waals surface area (Å²) >= 11 is 0. The molecule has 1 saturated heterocycles. The van der Waals surface area contributed by atoms with Crippen LogP contribution in [0.3, 0.4) is 0 Å². The fourth-order valence-corrected chi connectivity index (χ4v) is 2.37. The SMILES string of the molecule is Cc1ccc(NC(=O)c2noc(C3CCCN3)n2)cc1C. The zero-order valence-corrected chi connectivity index (χ0v) is 12.1. The zero-order chi connectivity index (χ0) is 14.8. The second-order valence-electron chi connectivity index (χ2n) is 5.36. The van der Waals surface area contributed by atoms with Crippen LogP contribution in [0.1, 0.15) is 46.5 Å². The van der Waals surface area contributed by atoms with E-state index in [1.165, 1.54) is 5.56 Å². The Kier molecular flexibility index (Phi) is 3.70. The maximum Gasteiger partial charge on any atom is 0.297 e.